The number of hydrogen-bond acceptors (Lipinski definition) is 9. The molecule has 0 saturated heterocycles. The summed E-state index contributed by atoms with van der Waals surface area (Å²) in [6.45, 7) is 0. The number of esters is 2. The first kappa shape index (κ1) is 19.7. The second kappa shape index (κ2) is 7.73. The number of rotatable bonds is 4. The summed E-state index contributed by atoms with van der Waals surface area (Å²) in [7, 11) is 1.06. The third-order valence-corrected chi connectivity index (χ3v) is 4.11. The molecule has 1 fully saturated rings. The molecule has 0 unspecified atom stereocenters. The average Bonchev–Trinajstić information content (AvgIpc) is 2.59. The van der Waals surface area contributed by atoms with Gasteiger partial charge in [0.05, 0.1) is 13.2 Å². The monoisotopic (exact) mass is 368 g/mol. The van der Waals surface area contributed by atoms with Gasteiger partial charge in [-0.2, -0.15) is 0 Å². The molecule has 142 valence electrons. The van der Waals surface area contributed by atoms with E-state index in [2.05, 4.69) is 4.74 Å². The molecule has 0 bridgehead atoms. The lowest BCUT2D eigenvalue weighted by Gasteiger charge is -2.39. The fraction of sp³-hybridized carbons (Fsp3) is 0.412. The number of hydrogen-bond donors (Lipinski definition) is 5. The summed E-state index contributed by atoms with van der Waals surface area (Å²) in [4.78, 5) is 23.6. The van der Waals surface area contributed by atoms with Crippen LogP contribution < -0.4 is 0 Å². The van der Waals surface area contributed by atoms with Crippen LogP contribution in [0.25, 0.3) is 6.08 Å². The molecular formula is C17H20O9. The molecule has 0 aromatic heterocycles. The number of phenols is 2. The van der Waals surface area contributed by atoms with Crippen molar-refractivity contribution in [2.45, 2.75) is 36.8 Å². The summed E-state index contributed by atoms with van der Waals surface area (Å²) in [6, 6.07) is 3.89. The highest BCUT2D eigenvalue weighted by Gasteiger charge is 2.50. The largest absolute Gasteiger partial charge is 0.504 e. The van der Waals surface area contributed by atoms with Crippen LogP contribution in [-0.2, 0) is 19.1 Å². The predicted octanol–water partition coefficient (Wildman–Crippen LogP) is -0.558. The lowest BCUT2D eigenvalue weighted by molar-refractivity contribution is -0.198. The molecule has 5 N–H and O–H groups in total. The summed E-state index contributed by atoms with van der Waals surface area (Å²) in [6.07, 6.45) is -2.88. The summed E-state index contributed by atoms with van der Waals surface area (Å²) in [5.41, 5.74) is -1.68. The van der Waals surface area contributed by atoms with E-state index in [4.69, 9.17) is 4.74 Å². The fourth-order valence-electron chi connectivity index (χ4n) is 2.72. The van der Waals surface area contributed by atoms with Gasteiger partial charge in [0.25, 0.3) is 0 Å². The van der Waals surface area contributed by atoms with E-state index >= 15 is 0 Å². The van der Waals surface area contributed by atoms with E-state index in [9.17, 15) is 35.1 Å². The van der Waals surface area contributed by atoms with Crippen LogP contribution in [0.1, 0.15) is 18.4 Å². The minimum Gasteiger partial charge on any atom is -0.504 e. The Balaban J connectivity index is 2.07. The molecule has 2 rings (SSSR count). The molecule has 1 saturated carbocycles. The number of aliphatic hydroxyl groups is 3. The van der Waals surface area contributed by atoms with Gasteiger partial charge in [-0.15, -0.1) is 0 Å². The van der Waals surface area contributed by atoms with Gasteiger partial charge in [0, 0.05) is 18.9 Å². The van der Waals surface area contributed by atoms with E-state index in [-0.39, 0.29) is 11.5 Å². The third kappa shape index (κ3) is 4.31. The Morgan fingerprint density at radius 3 is 2.50 bits per heavy atom. The average molecular weight is 368 g/mol. The lowest BCUT2D eigenvalue weighted by Crippen LogP contribution is -2.57. The van der Waals surface area contributed by atoms with Gasteiger partial charge < -0.3 is 35.0 Å². The van der Waals surface area contributed by atoms with Crippen LogP contribution in [0.3, 0.4) is 0 Å². The third-order valence-electron chi connectivity index (χ3n) is 4.11. The van der Waals surface area contributed by atoms with Crippen molar-refractivity contribution < 1.29 is 44.6 Å². The maximum Gasteiger partial charge on any atom is 0.338 e. The van der Waals surface area contributed by atoms with Gasteiger partial charge in [0.1, 0.15) is 12.2 Å². The standard InChI is InChI=1S/C17H20O9/c1-25-16(23)17(24)7-12(20)15(22)13(8-17)26-14(21)5-3-9-2-4-10(18)11(19)6-9/h2-6,12-13,15,18-20,22,24H,7-8H2,1H3/t12-,13-,15+,17-/m0/s1. The van der Waals surface area contributed by atoms with Crippen molar-refractivity contribution in [3.8, 4) is 11.5 Å². The normalized spacial score (nSPS) is 28.7. The smallest absolute Gasteiger partial charge is 0.338 e. The first-order chi connectivity index (χ1) is 12.2. The van der Waals surface area contributed by atoms with Crippen LogP contribution in [0.2, 0.25) is 0 Å². The highest BCUT2D eigenvalue weighted by molar-refractivity contribution is 5.87. The van der Waals surface area contributed by atoms with Crippen molar-refractivity contribution in [2.75, 3.05) is 7.11 Å². The van der Waals surface area contributed by atoms with Crippen molar-refractivity contribution in [1.82, 2.24) is 0 Å². The molecule has 4 atom stereocenters. The highest BCUT2D eigenvalue weighted by atomic mass is 16.6. The number of aliphatic hydroxyl groups excluding tert-OH is 2. The molecule has 0 spiro atoms. The van der Waals surface area contributed by atoms with E-state index < -0.39 is 48.7 Å². The van der Waals surface area contributed by atoms with E-state index in [1.165, 1.54) is 24.3 Å². The zero-order valence-corrected chi connectivity index (χ0v) is 13.9. The van der Waals surface area contributed by atoms with Gasteiger partial charge in [-0.05, 0) is 23.8 Å². The van der Waals surface area contributed by atoms with E-state index in [0.29, 0.717) is 5.56 Å². The van der Waals surface area contributed by atoms with Gasteiger partial charge in [-0.1, -0.05) is 6.07 Å². The van der Waals surface area contributed by atoms with Crippen LogP contribution in [0.15, 0.2) is 24.3 Å². The summed E-state index contributed by atoms with van der Waals surface area (Å²) in [5.74, 6) is -2.58. The highest BCUT2D eigenvalue weighted by Crippen LogP contribution is 2.32. The first-order valence-electron chi connectivity index (χ1n) is 7.74. The van der Waals surface area contributed by atoms with Crippen molar-refractivity contribution >= 4 is 18.0 Å². The van der Waals surface area contributed by atoms with Gasteiger partial charge in [-0.25, -0.2) is 9.59 Å². The van der Waals surface area contributed by atoms with Crippen LogP contribution in [0, 0.1) is 0 Å². The molecule has 1 aliphatic rings. The summed E-state index contributed by atoms with van der Waals surface area (Å²) >= 11 is 0. The number of carbonyl (C=O) groups excluding carboxylic acids is 2. The maximum atomic E-state index is 11.9. The molecule has 0 aliphatic heterocycles. The Labute approximate surface area is 148 Å². The fourth-order valence-corrected chi connectivity index (χ4v) is 2.72. The van der Waals surface area contributed by atoms with Crippen LogP contribution in [-0.4, -0.2) is 68.5 Å². The predicted molar refractivity (Wildman–Crippen MR) is 86.9 cm³/mol. The molecule has 0 radical (unpaired) electrons. The SMILES string of the molecule is COC(=O)[C@@]1(O)C[C@H](OC(=O)C=Cc2ccc(O)c(O)c2)[C@H](O)[C@@H](O)C1. The van der Waals surface area contributed by atoms with Gasteiger partial charge >= 0.3 is 11.9 Å². The second-order valence-electron chi connectivity index (χ2n) is 6.05. The van der Waals surface area contributed by atoms with E-state index in [1.54, 1.807) is 0 Å². The first-order valence-corrected chi connectivity index (χ1v) is 7.74. The Kier molecular flexibility index (Phi) is 5.86. The van der Waals surface area contributed by atoms with Crippen LogP contribution >= 0.6 is 0 Å². The number of benzene rings is 1. The Morgan fingerprint density at radius 1 is 1.19 bits per heavy atom. The molecular weight excluding hydrogens is 348 g/mol. The van der Waals surface area contributed by atoms with E-state index in [1.807, 2.05) is 0 Å². The molecule has 26 heavy (non-hydrogen) atoms. The van der Waals surface area contributed by atoms with Crippen molar-refractivity contribution in [3.05, 3.63) is 29.8 Å². The zero-order valence-electron chi connectivity index (χ0n) is 13.9. The molecule has 1 aromatic carbocycles. The Morgan fingerprint density at radius 2 is 1.88 bits per heavy atom. The van der Waals surface area contributed by atoms with Gasteiger partial charge in [0.2, 0.25) is 0 Å². The quantitative estimate of drug-likeness (QED) is 0.267. The van der Waals surface area contributed by atoms with Crippen LogP contribution in [0.5, 0.6) is 11.5 Å². The number of methoxy groups -OCH3 is 1. The topological polar surface area (TPSA) is 154 Å². The number of aromatic hydroxyl groups is 2. The molecule has 0 heterocycles. The van der Waals surface area contributed by atoms with Gasteiger partial charge in [0.15, 0.2) is 17.1 Å². The molecule has 0 amide bonds. The van der Waals surface area contributed by atoms with Crippen molar-refractivity contribution in [1.29, 1.82) is 0 Å². The Hall–Kier alpha value is -2.62. The number of phenolic OH excluding ortho intramolecular Hbond substituents is 2. The Bertz CT molecular complexity index is 714. The minimum atomic E-state index is -2.08. The zero-order chi connectivity index (χ0) is 19.5. The second-order valence-corrected chi connectivity index (χ2v) is 6.05. The lowest BCUT2D eigenvalue weighted by atomic mass is 9.79. The van der Waals surface area contributed by atoms with E-state index in [0.717, 1.165) is 13.2 Å². The number of carbonyl (C=O) groups is 2. The summed E-state index contributed by atoms with van der Waals surface area (Å²) < 4.78 is 9.50. The molecule has 1 aliphatic carbocycles. The number of ether oxygens (including phenoxy) is 2. The summed E-state index contributed by atoms with van der Waals surface area (Å²) in [5, 5.41) is 48.7. The maximum absolute atomic E-state index is 11.9. The molecule has 9 heteroatoms. The molecule has 9 nitrogen and oxygen atoms in total. The van der Waals surface area contributed by atoms with Crippen molar-refractivity contribution in [2.24, 2.45) is 0 Å². The molecule has 1 aromatic rings. The van der Waals surface area contributed by atoms with Gasteiger partial charge in [-0.3, -0.25) is 0 Å². The van der Waals surface area contributed by atoms with Crippen molar-refractivity contribution in [3.63, 3.8) is 0 Å². The minimum absolute atomic E-state index is 0.314. The van der Waals surface area contributed by atoms with Crippen LogP contribution in [0.4, 0.5) is 0 Å².